The second kappa shape index (κ2) is 7.66. The fourth-order valence-corrected chi connectivity index (χ4v) is 3.39. The van der Waals surface area contributed by atoms with Crippen LogP contribution >= 0.6 is 11.8 Å². The number of hydrogen-bond acceptors (Lipinski definition) is 4. The number of nitrogens with one attached hydrogen (secondary N) is 1. The highest BCUT2D eigenvalue weighted by atomic mass is 32.2. The summed E-state index contributed by atoms with van der Waals surface area (Å²) >= 11 is 1.41. The van der Waals surface area contributed by atoms with Gasteiger partial charge >= 0.3 is 0 Å². The van der Waals surface area contributed by atoms with Gasteiger partial charge in [0.2, 0.25) is 5.91 Å². The van der Waals surface area contributed by atoms with E-state index in [4.69, 9.17) is 0 Å². The van der Waals surface area contributed by atoms with E-state index in [1.165, 1.54) is 24.6 Å². The van der Waals surface area contributed by atoms with Crippen LogP contribution in [0.4, 0.5) is 0 Å². The maximum Gasteiger partial charge on any atom is 0.230 e. The monoisotopic (exact) mass is 342 g/mol. The Morgan fingerprint density at radius 2 is 2.17 bits per heavy atom. The molecule has 0 unspecified atom stereocenters. The van der Waals surface area contributed by atoms with Crippen LogP contribution < -0.4 is 5.32 Å². The molecule has 0 spiro atoms. The third kappa shape index (κ3) is 4.06. The molecule has 1 aliphatic rings. The Labute approximate surface area is 146 Å². The number of aromatic nitrogens is 3. The first-order chi connectivity index (χ1) is 11.7. The van der Waals surface area contributed by atoms with Crippen LogP contribution in [0.15, 0.2) is 48.1 Å². The molecule has 1 fully saturated rings. The predicted molar refractivity (Wildman–Crippen MR) is 96.7 cm³/mol. The van der Waals surface area contributed by atoms with Crippen LogP contribution in [0.3, 0.4) is 0 Å². The maximum absolute atomic E-state index is 12.1. The topological polar surface area (TPSA) is 59.8 Å². The summed E-state index contributed by atoms with van der Waals surface area (Å²) < 4.78 is 1.99. The standard InChI is InChI=1S/C18H22N4OS/c1-3-11-22-17(15-7-5-4-6-8-15)20-21-18(22)24-12-16(23)19-13(2)14-9-10-14/h3-8,13-14H,1,9-12H2,2H3,(H,19,23)/t13-/m0/s1. The molecule has 5 nitrogen and oxygen atoms in total. The molecule has 0 aliphatic heterocycles. The van der Waals surface area contributed by atoms with Crippen LogP contribution in [-0.4, -0.2) is 32.5 Å². The van der Waals surface area contributed by atoms with Gasteiger partial charge in [-0.25, -0.2) is 0 Å². The molecule has 1 N–H and O–H groups in total. The van der Waals surface area contributed by atoms with Gasteiger partial charge in [0, 0.05) is 18.2 Å². The second-order valence-electron chi connectivity index (χ2n) is 6.05. The lowest BCUT2D eigenvalue weighted by Gasteiger charge is -2.12. The molecule has 2 aromatic rings. The van der Waals surface area contributed by atoms with Crippen molar-refractivity contribution in [2.24, 2.45) is 5.92 Å². The zero-order chi connectivity index (χ0) is 16.9. The lowest BCUT2D eigenvalue weighted by Crippen LogP contribution is -2.35. The first kappa shape index (κ1) is 16.8. The second-order valence-corrected chi connectivity index (χ2v) is 7.00. The highest BCUT2D eigenvalue weighted by Crippen LogP contribution is 2.32. The Kier molecular flexibility index (Phi) is 5.35. The van der Waals surface area contributed by atoms with Gasteiger partial charge in [0.15, 0.2) is 11.0 Å². The molecule has 1 heterocycles. The average molecular weight is 342 g/mol. The molecule has 1 aliphatic carbocycles. The molecular formula is C18H22N4OS. The number of hydrogen-bond donors (Lipinski definition) is 1. The van der Waals surface area contributed by atoms with Crippen molar-refractivity contribution in [2.45, 2.75) is 37.5 Å². The Bertz CT molecular complexity index is 709. The van der Waals surface area contributed by atoms with Crippen molar-refractivity contribution < 1.29 is 4.79 Å². The Morgan fingerprint density at radius 3 is 2.83 bits per heavy atom. The maximum atomic E-state index is 12.1. The van der Waals surface area contributed by atoms with Crippen LogP contribution in [0.5, 0.6) is 0 Å². The molecule has 24 heavy (non-hydrogen) atoms. The third-order valence-electron chi connectivity index (χ3n) is 4.11. The van der Waals surface area contributed by atoms with Gasteiger partial charge < -0.3 is 5.32 Å². The van der Waals surface area contributed by atoms with Gasteiger partial charge in [-0.15, -0.1) is 16.8 Å². The van der Waals surface area contributed by atoms with Crippen molar-refractivity contribution >= 4 is 17.7 Å². The van der Waals surface area contributed by atoms with E-state index in [1.807, 2.05) is 41.0 Å². The quantitative estimate of drug-likeness (QED) is 0.591. The minimum atomic E-state index is 0.0498. The zero-order valence-corrected chi connectivity index (χ0v) is 14.6. The SMILES string of the molecule is C=CCn1c(SCC(=O)N[C@@H](C)C2CC2)nnc1-c1ccccc1. The average Bonchev–Trinajstić information content (AvgIpc) is 3.37. The van der Waals surface area contributed by atoms with Crippen LogP contribution in [-0.2, 0) is 11.3 Å². The first-order valence-corrected chi connectivity index (χ1v) is 9.19. The molecule has 6 heteroatoms. The van der Waals surface area contributed by atoms with E-state index >= 15 is 0 Å². The van der Waals surface area contributed by atoms with Gasteiger partial charge in [0.05, 0.1) is 5.75 Å². The van der Waals surface area contributed by atoms with E-state index in [0.717, 1.165) is 16.5 Å². The normalized spacial score (nSPS) is 15.0. The van der Waals surface area contributed by atoms with E-state index in [2.05, 4.69) is 29.0 Å². The lowest BCUT2D eigenvalue weighted by atomic mass is 10.2. The Morgan fingerprint density at radius 1 is 1.42 bits per heavy atom. The van der Waals surface area contributed by atoms with Crippen LogP contribution in [0.1, 0.15) is 19.8 Å². The van der Waals surface area contributed by atoms with E-state index in [9.17, 15) is 4.79 Å². The van der Waals surface area contributed by atoms with Crippen molar-refractivity contribution in [1.29, 1.82) is 0 Å². The number of benzene rings is 1. The lowest BCUT2D eigenvalue weighted by molar-refractivity contribution is -0.119. The van der Waals surface area contributed by atoms with E-state index in [1.54, 1.807) is 0 Å². The van der Waals surface area contributed by atoms with E-state index in [0.29, 0.717) is 18.2 Å². The fourth-order valence-electron chi connectivity index (χ4n) is 2.63. The summed E-state index contributed by atoms with van der Waals surface area (Å²) in [5.41, 5.74) is 1.01. The van der Waals surface area contributed by atoms with Gasteiger partial charge in [-0.2, -0.15) is 0 Å². The summed E-state index contributed by atoms with van der Waals surface area (Å²) in [4.78, 5) is 12.1. The number of thioether (sulfide) groups is 1. The molecule has 0 saturated heterocycles. The van der Waals surface area contributed by atoms with Crippen LogP contribution in [0.25, 0.3) is 11.4 Å². The molecule has 1 aromatic heterocycles. The number of allylic oxidation sites excluding steroid dienone is 1. The number of rotatable bonds is 8. The van der Waals surface area contributed by atoms with E-state index in [-0.39, 0.29) is 11.9 Å². The van der Waals surface area contributed by atoms with Gasteiger partial charge in [0.1, 0.15) is 0 Å². The molecule has 0 radical (unpaired) electrons. The minimum absolute atomic E-state index is 0.0498. The molecule has 1 saturated carbocycles. The summed E-state index contributed by atoms with van der Waals surface area (Å²) in [7, 11) is 0. The smallest absolute Gasteiger partial charge is 0.230 e. The molecule has 3 rings (SSSR count). The van der Waals surface area contributed by atoms with Gasteiger partial charge in [-0.05, 0) is 25.7 Å². The van der Waals surface area contributed by atoms with Gasteiger partial charge in [0.25, 0.3) is 0 Å². The predicted octanol–water partition coefficient (Wildman–Crippen LogP) is 3.14. The Balaban J connectivity index is 1.67. The fraction of sp³-hybridized carbons (Fsp3) is 0.389. The number of carbonyl (C=O) groups excluding carboxylic acids is 1. The Hall–Kier alpha value is -2.08. The summed E-state index contributed by atoms with van der Waals surface area (Å²) in [6.07, 6.45) is 4.26. The largest absolute Gasteiger partial charge is 0.353 e. The summed E-state index contributed by atoms with van der Waals surface area (Å²) in [5, 5.41) is 12.4. The summed E-state index contributed by atoms with van der Waals surface area (Å²) in [6, 6.07) is 10.2. The van der Waals surface area contributed by atoms with Crippen molar-refractivity contribution in [3.05, 3.63) is 43.0 Å². The van der Waals surface area contributed by atoms with Crippen molar-refractivity contribution in [3.8, 4) is 11.4 Å². The molecule has 126 valence electrons. The molecule has 1 aromatic carbocycles. The first-order valence-electron chi connectivity index (χ1n) is 8.20. The number of carbonyl (C=O) groups is 1. The molecule has 1 atom stereocenters. The van der Waals surface area contributed by atoms with E-state index < -0.39 is 0 Å². The van der Waals surface area contributed by atoms with Crippen molar-refractivity contribution in [3.63, 3.8) is 0 Å². The minimum Gasteiger partial charge on any atom is -0.353 e. The van der Waals surface area contributed by atoms with Crippen LogP contribution in [0, 0.1) is 5.92 Å². The third-order valence-corrected chi connectivity index (χ3v) is 5.08. The zero-order valence-electron chi connectivity index (χ0n) is 13.8. The summed E-state index contributed by atoms with van der Waals surface area (Å²) in [5.74, 6) is 1.85. The number of nitrogens with zero attached hydrogens (tertiary/aromatic N) is 3. The van der Waals surface area contributed by atoms with Crippen molar-refractivity contribution in [1.82, 2.24) is 20.1 Å². The molecular weight excluding hydrogens is 320 g/mol. The number of amides is 1. The van der Waals surface area contributed by atoms with Gasteiger partial charge in [-0.1, -0.05) is 48.2 Å². The van der Waals surface area contributed by atoms with Crippen molar-refractivity contribution in [2.75, 3.05) is 5.75 Å². The van der Waals surface area contributed by atoms with Gasteiger partial charge in [-0.3, -0.25) is 9.36 Å². The highest BCUT2D eigenvalue weighted by Gasteiger charge is 2.28. The van der Waals surface area contributed by atoms with Crippen LogP contribution in [0.2, 0.25) is 0 Å². The molecule has 0 bridgehead atoms. The highest BCUT2D eigenvalue weighted by molar-refractivity contribution is 7.99. The summed E-state index contributed by atoms with van der Waals surface area (Å²) in [6.45, 7) is 6.50. The molecule has 1 amide bonds.